The molecule has 0 fully saturated rings. The van der Waals surface area contributed by atoms with Crippen molar-refractivity contribution in [3.8, 4) is 0 Å². The molecule has 1 nitrogen and oxygen atoms in total. The van der Waals surface area contributed by atoms with Gasteiger partial charge in [-0.15, -0.1) is 0 Å². The number of aliphatic hydroxyl groups is 1. The summed E-state index contributed by atoms with van der Waals surface area (Å²) in [6, 6.07) is 10.3. The first kappa shape index (κ1) is 10.5. The molecule has 0 amide bonds. The van der Waals surface area contributed by atoms with E-state index in [1.54, 1.807) is 6.08 Å². The number of rotatable bonds is 5. The fourth-order valence-corrected chi connectivity index (χ4v) is 2.80. The van der Waals surface area contributed by atoms with Crippen LogP contribution in [0.15, 0.2) is 43.0 Å². The van der Waals surface area contributed by atoms with E-state index >= 15 is 0 Å². The second-order valence-electron chi connectivity index (χ2n) is 2.80. The Balaban J connectivity index is 2.30. The van der Waals surface area contributed by atoms with Crippen molar-refractivity contribution in [2.24, 2.45) is 0 Å². The van der Waals surface area contributed by atoms with Crippen LogP contribution in [0.1, 0.15) is 6.42 Å². The minimum atomic E-state index is -0.210. The van der Waals surface area contributed by atoms with Gasteiger partial charge in [0.15, 0.2) is 0 Å². The third kappa shape index (κ3) is 4.28. The number of hydrogen-bond donors (Lipinski definition) is 1. The van der Waals surface area contributed by atoms with Crippen molar-refractivity contribution in [3.05, 3.63) is 43.0 Å². The molecule has 1 N–H and O–H groups in total. The van der Waals surface area contributed by atoms with Crippen molar-refractivity contribution in [1.29, 1.82) is 0 Å². The van der Waals surface area contributed by atoms with Gasteiger partial charge >= 0.3 is 85.4 Å². The van der Waals surface area contributed by atoms with E-state index < -0.39 is 0 Å². The number of benzene rings is 1. The Morgan fingerprint density at radius 3 is 2.69 bits per heavy atom. The zero-order chi connectivity index (χ0) is 9.52. The first-order valence-electron chi connectivity index (χ1n) is 4.29. The molecule has 1 rings (SSSR count). The van der Waals surface area contributed by atoms with E-state index in [-0.39, 0.29) is 6.10 Å². The average Bonchev–Trinajstić information content (AvgIpc) is 2.17. The molecule has 0 saturated heterocycles. The summed E-state index contributed by atoms with van der Waals surface area (Å²) >= 11 is 0.393. The molecule has 1 atom stereocenters. The summed E-state index contributed by atoms with van der Waals surface area (Å²) in [4.78, 5) is 0. The SMILES string of the molecule is C=CC[C@@H](O)C[Se]c1ccccc1. The molecule has 0 aromatic heterocycles. The van der Waals surface area contributed by atoms with E-state index in [0.29, 0.717) is 21.4 Å². The Labute approximate surface area is 85.6 Å². The molecule has 0 aliphatic heterocycles. The van der Waals surface area contributed by atoms with Crippen molar-refractivity contribution in [2.45, 2.75) is 17.8 Å². The Hall–Kier alpha value is -0.561. The molecule has 13 heavy (non-hydrogen) atoms. The van der Waals surface area contributed by atoms with Crippen LogP contribution in [-0.2, 0) is 0 Å². The van der Waals surface area contributed by atoms with Crippen molar-refractivity contribution in [3.63, 3.8) is 0 Å². The Kier molecular flexibility index (Phi) is 4.84. The molecule has 0 spiro atoms. The van der Waals surface area contributed by atoms with Crippen LogP contribution in [0.2, 0.25) is 5.32 Å². The van der Waals surface area contributed by atoms with Gasteiger partial charge < -0.3 is 0 Å². The summed E-state index contributed by atoms with van der Waals surface area (Å²) < 4.78 is 1.35. The molecule has 0 bridgehead atoms. The molecule has 0 unspecified atom stereocenters. The van der Waals surface area contributed by atoms with Crippen LogP contribution in [0.25, 0.3) is 0 Å². The molecule has 0 radical (unpaired) electrons. The maximum absolute atomic E-state index is 9.45. The summed E-state index contributed by atoms with van der Waals surface area (Å²) in [5.74, 6) is 0. The van der Waals surface area contributed by atoms with Crippen LogP contribution in [-0.4, -0.2) is 26.2 Å². The monoisotopic (exact) mass is 242 g/mol. The molecular formula is C11H14OSe. The molecule has 0 aliphatic rings. The van der Waals surface area contributed by atoms with Gasteiger partial charge in [-0.25, -0.2) is 0 Å². The summed E-state index contributed by atoms with van der Waals surface area (Å²) in [5.41, 5.74) is 0. The second-order valence-corrected chi connectivity index (χ2v) is 5.10. The zero-order valence-corrected chi connectivity index (χ0v) is 9.23. The maximum atomic E-state index is 9.45. The number of aliphatic hydroxyl groups excluding tert-OH is 1. The fraction of sp³-hybridized carbons (Fsp3) is 0.273. The molecular weight excluding hydrogens is 227 g/mol. The van der Waals surface area contributed by atoms with Gasteiger partial charge in [0.1, 0.15) is 0 Å². The van der Waals surface area contributed by atoms with Crippen molar-refractivity contribution < 1.29 is 5.11 Å². The van der Waals surface area contributed by atoms with Crippen LogP contribution in [0.5, 0.6) is 0 Å². The van der Waals surface area contributed by atoms with Gasteiger partial charge in [0.25, 0.3) is 0 Å². The van der Waals surface area contributed by atoms with Crippen LogP contribution < -0.4 is 4.46 Å². The zero-order valence-electron chi connectivity index (χ0n) is 7.52. The number of hydrogen-bond acceptors (Lipinski definition) is 1. The van der Waals surface area contributed by atoms with Crippen molar-refractivity contribution in [1.82, 2.24) is 0 Å². The molecule has 2 heteroatoms. The van der Waals surface area contributed by atoms with Gasteiger partial charge in [0, 0.05) is 0 Å². The van der Waals surface area contributed by atoms with Gasteiger partial charge in [-0.2, -0.15) is 0 Å². The third-order valence-corrected chi connectivity index (χ3v) is 4.05. The van der Waals surface area contributed by atoms with E-state index in [0.717, 1.165) is 5.32 Å². The quantitative estimate of drug-likeness (QED) is 0.609. The van der Waals surface area contributed by atoms with E-state index in [2.05, 4.69) is 18.7 Å². The first-order chi connectivity index (χ1) is 6.33. The van der Waals surface area contributed by atoms with Crippen molar-refractivity contribution >= 4 is 19.4 Å². The Bertz CT molecular complexity index is 246. The topological polar surface area (TPSA) is 20.2 Å². The van der Waals surface area contributed by atoms with E-state index in [1.165, 1.54) is 4.46 Å². The minimum absolute atomic E-state index is 0.210. The molecule has 1 aromatic carbocycles. The first-order valence-corrected chi connectivity index (χ1v) is 6.36. The van der Waals surface area contributed by atoms with Gasteiger partial charge in [-0.1, -0.05) is 0 Å². The third-order valence-electron chi connectivity index (χ3n) is 1.62. The predicted molar refractivity (Wildman–Crippen MR) is 57.5 cm³/mol. The van der Waals surface area contributed by atoms with E-state index in [9.17, 15) is 5.11 Å². The Morgan fingerprint density at radius 2 is 2.08 bits per heavy atom. The van der Waals surface area contributed by atoms with Gasteiger partial charge in [-0.05, 0) is 0 Å². The summed E-state index contributed by atoms with van der Waals surface area (Å²) in [6.45, 7) is 3.60. The van der Waals surface area contributed by atoms with Gasteiger partial charge in [-0.3, -0.25) is 0 Å². The summed E-state index contributed by atoms with van der Waals surface area (Å²) in [7, 11) is 0. The average molecular weight is 241 g/mol. The standard InChI is InChI=1S/C11H14OSe/c1-2-6-10(12)9-13-11-7-4-3-5-8-11/h2-5,7-8,10,12H,1,6,9H2/t10-/m1/s1. The predicted octanol–water partition coefficient (Wildman–Crippen LogP) is 1.37. The summed E-state index contributed by atoms with van der Waals surface area (Å²) in [6.07, 6.45) is 2.26. The van der Waals surface area contributed by atoms with Crippen LogP contribution in [0, 0.1) is 0 Å². The molecule has 0 heterocycles. The van der Waals surface area contributed by atoms with E-state index in [1.807, 2.05) is 18.2 Å². The van der Waals surface area contributed by atoms with Crippen molar-refractivity contribution in [2.75, 3.05) is 0 Å². The summed E-state index contributed by atoms with van der Waals surface area (Å²) in [5, 5.41) is 10.3. The molecule has 70 valence electrons. The van der Waals surface area contributed by atoms with Crippen LogP contribution in [0.3, 0.4) is 0 Å². The van der Waals surface area contributed by atoms with Gasteiger partial charge in [0.05, 0.1) is 0 Å². The van der Waals surface area contributed by atoms with Crippen LogP contribution in [0.4, 0.5) is 0 Å². The van der Waals surface area contributed by atoms with Crippen LogP contribution >= 0.6 is 0 Å². The van der Waals surface area contributed by atoms with Gasteiger partial charge in [0.2, 0.25) is 0 Å². The fourth-order valence-electron chi connectivity index (χ4n) is 0.970. The Morgan fingerprint density at radius 1 is 1.38 bits per heavy atom. The molecule has 0 saturated carbocycles. The molecule has 1 aromatic rings. The second kappa shape index (κ2) is 5.98. The van der Waals surface area contributed by atoms with E-state index in [4.69, 9.17) is 0 Å². The normalized spacial score (nSPS) is 12.4. The molecule has 0 aliphatic carbocycles.